The normalized spacial score (nSPS) is 18.1. The van der Waals surface area contributed by atoms with Crippen molar-refractivity contribution in [3.8, 4) is 11.1 Å². The third-order valence-electron chi connectivity index (χ3n) is 4.73. The lowest BCUT2D eigenvalue weighted by Gasteiger charge is -2.32. The van der Waals surface area contributed by atoms with E-state index in [0.717, 1.165) is 53.4 Å². The van der Waals surface area contributed by atoms with Crippen LogP contribution in [-0.2, 0) is 0 Å². The topological polar surface area (TPSA) is 53.7 Å². The average Bonchev–Trinajstić information content (AvgIpc) is 2.91. The highest BCUT2D eigenvalue weighted by atomic mass is 19.1. The maximum absolute atomic E-state index is 13.3. The summed E-state index contributed by atoms with van der Waals surface area (Å²) in [6.45, 7) is 5.39. The minimum absolute atomic E-state index is 0.259. The Morgan fingerprint density at radius 2 is 1.96 bits per heavy atom. The fourth-order valence-electron chi connectivity index (χ4n) is 3.57. The molecule has 0 saturated carbocycles. The van der Waals surface area contributed by atoms with Crippen LogP contribution in [0.2, 0.25) is 0 Å². The number of fused-ring (bicyclic) bond motifs is 1. The number of hydrogen-bond donors (Lipinski definition) is 1. The van der Waals surface area contributed by atoms with E-state index in [1.165, 1.54) is 12.1 Å². The Balaban J connectivity index is 1.89. The maximum atomic E-state index is 13.3. The summed E-state index contributed by atoms with van der Waals surface area (Å²) in [4.78, 5) is 6.85. The SMILES string of the molecule is Cc1cc(N2CCC[C@@H](O)C2)n2nc(C)c(-c3ccc(F)cc3)c2n1. The zero-order chi connectivity index (χ0) is 17.6. The van der Waals surface area contributed by atoms with Crippen LogP contribution in [0.5, 0.6) is 0 Å². The van der Waals surface area contributed by atoms with Gasteiger partial charge in [-0.2, -0.15) is 9.61 Å². The summed E-state index contributed by atoms with van der Waals surface area (Å²) in [5.74, 6) is 0.683. The summed E-state index contributed by atoms with van der Waals surface area (Å²) in [5.41, 5.74) is 4.33. The van der Waals surface area contributed by atoms with Crippen molar-refractivity contribution in [1.82, 2.24) is 14.6 Å². The Labute approximate surface area is 145 Å². The Kier molecular flexibility index (Phi) is 3.92. The van der Waals surface area contributed by atoms with Crippen molar-refractivity contribution in [2.24, 2.45) is 0 Å². The van der Waals surface area contributed by atoms with Gasteiger partial charge in [-0.3, -0.25) is 0 Å². The molecule has 25 heavy (non-hydrogen) atoms. The van der Waals surface area contributed by atoms with Crippen LogP contribution in [-0.4, -0.2) is 38.9 Å². The van der Waals surface area contributed by atoms with Crippen molar-refractivity contribution < 1.29 is 9.50 Å². The molecule has 130 valence electrons. The Hall–Kier alpha value is -2.47. The number of aliphatic hydroxyl groups excluding tert-OH is 1. The van der Waals surface area contributed by atoms with Gasteiger partial charge < -0.3 is 10.0 Å². The second-order valence-electron chi connectivity index (χ2n) is 6.70. The standard InChI is InChI=1S/C19H21FN4O/c1-12-10-17(23-9-3-4-16(25)11-23)24-19(21-12)18(13(2)22-24)14-5-7-15(20)8-6-14/h5-8,10,16,25H,3-4,9,11H2,1-2H3/t16-/m1/s1. The molecule has 5 nitrogen and oxygen atoms in total. The fourth-order valence-corrected chi connectivity index (χ4v) is 3.57. The number of hydrogen-bond acceptors (Lipinski definition) is 4. The number of piperidine rings is 1. The summed E-state index contributed by atoms with van der Waals surface area (Å²) in [5, 5.41) is 14.7. The first kappa shape index (κ1) is 16.0. The van der Waals surface area contributed by atoms with Gasteiger partial charge in [0.15, 0.2) is 5.65 Å². The number of halogens is 1. The molecular weight excluding hydrogens is 319 g/mol. The van der Waals surface area contributed by atoms with Gasteiger partial charge >= 0.3 is 0 Å². The molecule has 0 aliphatic carbocycles. The monoisotopic (exact) mass is 340 g/mol. The van der Waals surface area contributed by atoms with E-state index in [2.05, 4.69) is 9.88 Å². The molecule has 0 bridgehead atoms. The van der Waals surface area contributed by atoms with Gasteiger partial charge in [0.1, 0.15) is 11.6 Å². The zero-order valence-corrected chi connectivity index (χ0v) is 14.4. The van der Waals surface area contributed by atoms with Gasteiger partial charge in [0.25, 0.3) is 0 Å². The second kappa shape index (κ2) is 6.11. The molecule has 3 heterocycles. The van der Waals surface area contributed by atoms with Crippen LogP contribution < -0.4 is 4.90 Å². The van der Waals surface area contributed by atoms with Crippen LogP contribution >= 0.6 is 0 Å². The predicted octanol–water partition coefficient (Wildman–Crippen LogP) is 3.11. The minimum Gasteiger partial charge on any atom is -0.391 e. The van der Waals surface area contributed by atoms with Crippen molar-refractivity contribution in [2.75, 3.05) is 18.0 Å². The van der Waals surface area contributed by atoms with Gasteiger partial charge in [0.05, 0.1) is 11.8 Å². The predicted molar refractivity (Wildman–Crippen MR) is 95.3 cm³/mol. The van der Waals surface area contributed by atoms with E-state index in [1.807, 2.05) is 24.4 Å². The molecule has 6 heteroatoms. The molecule has 1 atom stereocenters. The average molecular weight is 340 g/mol. The highest BCUT2D eigenvalue weighted by Crippen LogP contribution is 2.31. The van der Waals surface area contributed by atoms with Crippen LogP contribution in [0.15, 0.2) is 30.3 Å². The van der Waals surface area contributed by atoms with Crippen molar-refractivity contribution in [3.05, 3.63) is 47.5 Å². The van der Waals surface area contributed by atoms with E-state index in [4.69, 9.17) is 5.10 Å². The summed E-state index contributed by atoms with van der Waals surface area (Å²) >= 11 is 0. The molecule has 1 aliphatic rings. The Bertz CT molecular complexity index is 919. The largest absolute Gasteiger partial charge is 0.391 e. The molecule has 1 saturated heterocycles. The number of nitrogens with zero attached hydrogens (tertiary/aromatic N) is 4. The summed E-state index contributed by atoms with van der Waals surface area (Å²) < 4.78 is 15.1. The highest BCUT2D eigenvalue weighted by molar-refractivity contribution is 5.81. The lowest BCUT2D eigenvalue weighted by atomic mass is 10.1. The third kappa shape index (κ3) is 2.87. The Morgan fingerprint density at radius 3 is 2.68 bits per heavy atom. The van der Waals surface area contributed by atoms with Crippen LogP contribution in [0.4, 0.5) is 10.2 Å². The first-order valence-electron chi connectivity index (χ1n) is 8.59. The number of β-amino-alcohol motifs (C(OH)–C–C–N with tert-alkyl or cyclic N) is 1. The van der Waals surface area contributed by atoms with Crippen molar-refractivity contribution in [1.29, 1.82) is 0 Å². The third-order valence-corrected chi connectivity index (χ3v) is 4.73. The van der Waals surface area contributed by atoms with Crippen LogP contribution in [0.3, 0.4) is 0 Å². The summed E-state index contributed by atoms with van der Waals surface area (Å²) in [7, 11) is 0. The van der Waals surface area contributed by atoms with Crippen LogP contribution in [0, 0.1) is 19.7 Å². The van der Waals surface area contributed by atoms with Gasteiger partial charge in [0, 0.05) is 30.4 Å². The molecule has 4 rings (SSSR count). The second-order valence-corrected chi connectivity index (χ2v) is 6.70. The first-order valence-corrected chi connectivity index (χ1v) is 8.59. The summed E-state index contributed by atoms with van der Waals surface area (Å²) in [6, 6.07) is 8.43. The fraction of sp³-hybridized carbons (Fsp3) is 0.368. The smallest absolute Gasteiger partial charge is 0.165 e. The molecule has 1 fully saturated rings. The van der Waals surface area contributed by atoms with Crippen molar-refractivity contribution >= 4 is 11.5 Å². The molecule has 1 aromatic carbocycles. The molecular formula is C19H21FN4O. The molecule has 1 aliphatic heterocycles. The van der Waals surface area contributed by atoms with E-state index in [9.17, 15) is 9.50 Å². The molecule has 0 unspecified atom stereocenters. The van der Waals surface area contributed by atoms with Crippen LogP contribution in [0.25, 0.3) is 16.8 Å². The minimum atomic E-state index is -0.314. The Morgan fingerprint density at radius 1 is 1.20 bits per heavy atom. The summed E-state index contributed by atoms with van der Waals surface area (Å²) in [6.07, 6.45) is 1.48. The molecule has 1 N–H and O–H groups in total. The number of benzene rings is 1. The van der Waals surface area contributed by atoms with E-state index >= 15 is 0 Å². The van der Waals surface area contributed by atoms with E-state index in [1.54, 1.807) is 12.1 Å². The van der Waals surface area contributed by atoms with E-state index in [-0.39, 0.29) is 11.9 Å². The van der Waals surface area contributed by atoms with Gasteiger partial charge in [0.2, 0.25) is 0 Å². The van der Waals surface area contributed by atoms with Crippen molar-refractivity contribution in [2.45, 2.75) is 32.8 Å². The molecule has 0 radical (unpaired) electrons. The number of aryl methyl sites for hydroxylation is 2. The number of aliphatic hydroxyl groups is 1. The lowest BCUT2D eigenvalue weighted by Crippen LogP contribution is -2.39. The lowest BCUT2D eigenvalue weighted by molar-refractivity contribution is 0.153. The van der Waals surface area contributed by atoms with Crippen molar-refractivity contribution in [3.63, 3.8) is 0 Å². The first-order chi connectivity index (χ1) is 12.0. The molecule has 3 aromatic rings. The van der Waals surface area contributed by atoms with Gasteiger partial charge in [-0.15, -0.1) is 0 Å². The van der Waals surface area contributed by atoms with E-state index < -0.39 is 0 Å². The molecule has 0 spiro atoms. The number of anilines is 1. The quantitative estimate of drug-likeness (QED) is 0.779. The van der Waals surface area contributed by atoms with E-state index in [0.29, 0.717) is 6.54 Å². The van der Waals surface area contributed by atoms with Gasteiger partial charge in [-0.25, -0.2) is 9.37 Å². The molecule has 0 amide bonds. The number of rotatable bonds is 2. The zero-order valence-electron chi connectivity index (χ0n) is 14.4. The van der Waals surface area contributed by atoms with Gasteiger partial charge in [-0.1, -0.05) is 12.1 Å². The molecule has 2 aromatic heterocycles. The highest BCUT2D eigenvalue weighted by Gasteiger charge is 2.23. The number of aromatic nitrogens is 3. The van der Waals surface area contributed by atoms with Crippen LogP contribution in [0.1, 0.15) is 24.2 Å². The maximum Gasteiger partial charge on any atom is 0.165 e. The van der Waals surface area contributed by atoms with Gasteiger partial charge in [-0.05, 0) is 44.4 Å².